The molecule has 104 valence electrons. The van der Waals surface area contributed by atoms with Crippen LogP contribution in [0.25, 0.3) is 0 Å². The summed E-state index contributed by atoms with van der Waals surface area (Å²) in [6, 6.07) is 6.07. The fourth-order valence-corrected chi connectivity index (χ4v) is 1.99. The van der Waals surface area contributed by atoms with Crippen LogP contribution in [-0.4, -0.2) is 11.8 Å². The van der Waals surface area contributed by atoms with Gasteiger partial charge in [0.05, 0.1) is 16.3 Å². The number of primary amides is 1. The van der Waals surface area contributed by atoms with Gasteiger partial charge in [0.25, 0.3) is 5.91 Å². The lowest BCUT2D eigenvalue weighted by Gasteiger charge is -2.07. The minimum Gasteiger partial charge on any atom is -0.466 e. The lowest BCUT2D eigenvalue weighted by atomic mass is 10.1. The first kappa shape index (κ1) is 14.1. The van der Waals surface area contributed by atoms with Gasteiger partial charge in [-0.3, -0.25) is 9.59 Å². The van der Waals surface area contributed by atoms with Crippen LogP contribution in [0.15, 0.2) is 28.7 Å². The Balaban J connectivity index is 2.30. The average Bonchev–Trinajstić information content (AvgIpc) is 2.71. The molecule has 0 radical (unpaired) electrons. The van der Waals surface area contributed by atoms with E-state index in [0.717, 1.165) is 0 Å². The third-order valence-corrected chi connectivity index (χ3v) is 3.11. The molecule has 1 heterocycles. The first-order chi connectivity index (χ1) is 9.38. The standard InChI is InChI=1S/C14H13ClN2O3/c1-7-5-10(8(2)20-7)14(19)17-12-6-9(13(16)18)3-4-11(12)15/h3-6H,1-2H3,(H2,16,18)(H,17,19). The average molecular weight is 293 g/mol. The van der Waals surface area contributed by atoms with Crippen molar-refractivity contribution in [2.45, 2.75) is 13.8 Å². The van der Waals surface area contributed by atoms with Gasteiger partial charge >= 0.3 is 0 Å². The number of carbonyl (C=O) groups is 2. The molecule has 0 saturated heterocycles. The summed E-state index contributed by atoms with van der Waals surface area (Å²) < 4.78 is 5.30. The predicted molar refractivity (Wildman–Crippen MR) is 76.1 cm³/mol. The molecular weight excluding hydrogens is 280 g/mol. The molecule has 2 aromatic rings. The lowest BCUT2D eigenvalue weighted by Crippen LogP contribution is -2.15. The number of amides is 2. The predicted octanol–water partition coefficient (Wildman–Crippen LogP) is 2.90. The summed E-state index contributed by atoms with van der Waals surface area (Å²) in [5.74, 6) is 0.210. The quantitative estimate of drug-likeness (QED) is 0.912. The van der Waals surface area contributed by atoms with Crippen LogP contribution in [0.4, 0.5) is 5.69 Å². The van der Waals surface area contributed by atoms with Crippen LogP contribution in [-0.2, 0) is 0 Å². The van der Waals surface area contributed by atoms with Gasteiger partial charge in [-0.1, -0.05) is 11.6 Å². The topological polar surface area (TPSA) is 85.3 Å². The number of benzene rings is 1. The normalized spacial score (nSPS) is 10.3. The number of aryl methyl sites for hydroxylation is 2. The Morgan fingerprint density at radius 2 is 1.95 bits per heavy atom. The van der Waals surface area contributed by atoms with E-state index in [9.17, 15) is 9.59 Å². The van der Waals surface area contributed by atoms with E-state index in [1.807, 2.05) is 0 Å². The molecule has 0 spiro atoms. The molecule has 5 nitrogen and oxygen atoms in total. The van der Waals surface area contributed by atoms with Crippen molar-refractivity contribution in [3.8, 4) is 0 Å². The number of rotatable bonds is 3. The monoisotopic (exact) mass is 292 g/mol. The Kier molecular flexibility index (Phi) is 3.81. The van der Waals surface area contributed by atoms with E-state index < -0.39 is 5.91 Å². The van der Waals surface area contributed by atoms with Gasteiger partial charge in [0.1, 0.15) is 11.5 Å². The van der Waals surface area contributed by atoms with Crippen molar-refractivity contribution in [2.24, 2.45) is 5.73 Å². The molecule has 2 rings (SSSR count). The summed E-state index contributed by atoms with van der Waals surface area (Å²) in [4.78, 5) is 23.3. The van der Waals surface area contributed by atoms with Gasteiger partial charge in [0.15, 0.2) is 0 Å². The second-order valence-corrected chi connectivity index (χ2v) is 4.75. The minimum absolute atomic E-state index is 0.268. The van der Waals surface area contributed by atoms with Gasteiger partial charge in [-0.25, -0.2) is 0 Å². The SMILES string of the molecule is Cc1cc(C(=O)Nc2cc(C(N)=O)ccc2Cl)c(C)o1. The zero-order chi connectivity index (χ0) is 14.9. The highest BCUT2D eigenvalue weighted by Gasteiger charge is 2.15. The Labute approximate surface area is 120 Å². The van der Waals surface area contributed by atoms with Crippen LogP contribution in [0.1, 0.15) is 32.2 Å². The van der Waals surface area contributed by atoms with Crippen molar-refractivity contribution in [1.29, 1.82) is 0 Å². The smallest absolute Gasteiger partial charge is 0.259 e. The van der Waals surface area contributed by atoms with Gasteiger partial charge in [-0.2, -0.15) is 0 Å². The number of hydrogen-bond acceptors (Lipinski definition) is 3. The Morgan fingerprint density at radius 3 is 2.50 bits per heavy atom. The Morgan fingerprint density at radius 1 is 1.25 bits per heavy atom. The van der Waals surface area contributed by atoms with E-state index in [-0.39, 0.29) is 11.5 Å². The third kappa shape index (κ3) is 2.83. The molecule has 6 heteroatoms. The number of furan rings is 1. The highest BCUT2D eigenvalue weighted by Crippen LogP contribution is 2.24. The first-order valence-corrected chi connectivity index (χ1v) is 6.24. The second kappa shape index (κ2) is 5.38. The highest BCUT2D eigenvalue weighted by molar-refractivity contribution is 6.34. The third-order valence-electron chi connectivity index (χ3n) is 2.78. The molecule has 0 aliphatic carbocycles. The van der Waals surface area contributed by atoms with E-state index in [1.165, 1.54) is 18.2 Å². The molecule has 0 atom stereocenters. The minimum atomic E-state index is -0.590. The van der Waals surface area contributed by atoms with Gasteiger partial charge in [-0.05, 0) is 38.1 Å². The number of nitrogens with one attached hydrogen (secondary N) is 1. The number of anilines is 1. The highest BCUT2D eigenvalue weighted by atomic mass is 35.5. The zero-order valence-corrected chi connectivity index (χ0v) is 11.7. The van der Waals surface area contributed by atoms with Crippen molar-refractivity contribution in [3.05, 3.63) is 51.9 Å². The molecule has 1 aromatic carbocycles. The number of halogens is 1. The molecule has 0 fully saturated rings. The van der Waals surface area contributed by atoms with Gasteiger partial charge in [0.2, 0.25) is 5.91 Å². The molecule has 1 aromatic heterocycles. The lowest BCUT2D eigenvalue weighted by molar-refractivity contribution is 0.0996. The van der Waals surface area contributed by atoms with Crippen LogP contribution < -0.4 is 11.1 Å². The van der Waals surface area contributed by atoms with E-state index in [2.05, 4.69) is 5.32 Å². The van der Waals surface area contributed by atoms with Crippen LogP contribution in [0.2, 0.25) is 5.02 Å². The van der Waals surface area contributed by atoms with E-state index >= 15 is 0 Å². The van der Waals surface area contributed by atoms with E-state index in [4.69, 9.17) is 21.8 Å². The van der Waals surface area contributed by atoms with Crippen LogP contribution in [0, 0.1) is 13.8 Å². The Bertz CT molecular complexity index is 692. The summed E-state index contributed by atoms with van der Waals surface area (Å²) in [6.07, 6.45) is 0. The number of carbonyl (C=O) groups excluding carboxylic acids is 2. The molecule has 0 bridgehead atoms. The van der Waals surface area contributed by atoms with E-state index in [1.54, 1.807) is 19.9 Å². The summed E-state index contributed by atoms with van der Waals surface area (Å²) in [7, 11) is 0. The molecule has 0 saturated carbocycles. The van der Waals surface area contributed by atoms with Crippen LogP contribution in [0.3, 0.4) is 0 Å². The molecule has 2 amide bonds. The molecule has 0 aliphatic heterocycles. The molecular formula is C14H13ClN2O3. The maximum absolute atomic E-state index is 12.1. The van der Waals surface area contributed by atoms with Crippen molar-refractivity contribution in [1.82, 2.24) is 0 Å². The fourth-order valence-electron chi connectivity index (χ4n) is 1.82. The van der Waals surface area contributed by atoms with Gasteiger partial charge in [-0.15, -0.1) is 0 Å². The Hall–Kier alpha value is -2.27. The molecule has 3 N–H and O–H groups in total. The van der Waals surface area contributed by atoms with E-state index in [0.29, 0.717) is 27.8 Å². The van der Waals surface area contributed by atoms with Crippen molar-refractivity contribution in [2.75, 3.05) is 5.32 Å². The molecule has 0 aliphatic rings. The maximum Gasteiger partial charge on any atom is 0.259 e. The molecule has 20 heavy (non-hydrogen) atoms. The van der Waals surface area contributed by atoms with Gasteiger partial charge in [0, 0.05) is 5.56 Å². The largest absolute Gasteiger partial charge is 0.466 e. The first-order valence-electron chi connectivity index (χ1n) is 5.86. The fraction of sp³-hybridized carbons (Fsp3) is 0.143. The maximum atomic E-state index is 12.1. The summed E-state index contributed by atoms with van der Waals surface area (Å²) in [5, 5.41) is 2.96. The van der Waals surface area contributed by atoms with Gasteiger partial charge < -0.3 is 15.5 Å². The van der Waals surface area contributed by atoms with Crippen molar-refractivity contribution in [3.63, 3.8) is 0 Å². The van der Waals surface area contributed by atoms with Crippen LogP contribution in [0.5, 0.6) is 0 Å². The molecule has 0 unspecified atom stereocenters. The zero-order valence-electron chi connectivity index (χ0n) is 11.0. The van der Waals surface area contributed by atoms with Crippen molar-refractivity contribution < 1.29 is 14.0 Å². The van der Waals surface area contributed by atoms with Crippen molar-refractivity contribution >= 4 is 29.1 Å². The summed E-state index contributed by atoms with van der Waals surface area (Å²) in [5.41, 5.74) is 6.21. The summed E-state index contributed by atoms with van der Waals surface area (Å²) >= 11 is 5.99. The van der Waals surface area contributed by atoms with Crippen LogP contribution >= 0.6 is 11.6 Å². The second-order valence-electron chi connectivity index (χ2n) is 4.34. The number of hydrogen-bond donors (Lipinski definition) is 2. The summed E-state index contributed by atoms with van der Waals surface area (Å²) in [6.45, 7) is 3.45. The number of nitrogens with two attached hydrogens (primary N) is 1.